The van der Waals surface area contributed by atoms with E-state index >= 15 is 0 Å². The number of hydrogen-bond donors (Lipinski definition) is 2. The highest BCUT2D eigenvalue weighted by molar-refractivity contribution is 6.00. The van der Waals surface area contributed by atoms with Crippen molar-refractivity contribution in [2.45, 2.75) is 49.6 Å². The van der Waals surface area contributed by atoms with Crippen LogP contribution in [0.4, 0.5) is 36.4 Å². The molecule has 1 aliphatic rings. The van der Waals surface area contributed by atoms with Gasteiger partial charge in [0.25, 0.3) is 5.91 Å². The van der Waals surface area contributed by atoms with E-state index in [2.05, 4.69) is 9.68 Å². The highest BCUT2D eigenvalue weighted by Gasteiger charge is 2.65. The molecule has 2 N–H and O–H groups in total. The summed E-state index contributed by atoms with van der Waals surface area (Å²) in [5, 5.41) is 16.2. The molecule has 2 aromatic carbocycles. The fraction of sp³-hybridized carbons (Fsp3) is 0.348. The van der Waals surface area contributed by atoms with Gasteiger partial charge in [-0.1, -0.05) is 5.16 Å². The molecule has 0 spiro atoms. The lowest BCUT2D eigenvalue weighted by atomic mass is 9.81. The fourth-order valence-corrected chi connectivity index (χ4v) is 4.14. The number of rotatable bonds is 5. The van der Waals surface area contributed by atoms with Crippen molar-refractivity contribution in [3.05, 3.63) is 69.5 Å². The largest absolute Gasteiger partial charge is 0.426 e. The minimum absolute atomic E-state index is 0.0449. The van der Waals surface area contributed by atoms with Crippen molar-refractivity contribution in [3.8, 4) is 0 Å². The zero-order valence-corrected chi connectivity index (χ0v) is 18.4. The van der Waals surface area contributed by atoms with Gasteiger partial charge in [0.1, 0.15) is 5.82 Å². The molecule has 1 saturated carbocycles. The molecule has 0 bridgehead atoms. The number of hydrogen-bond acceptors (Lipinski definition) is 5. The van der Waals surface area contributed by atoms with Crippen molar-refractivity contribution in [3.63, 3.8) is 0 Å². The number of anilines is 1. The number of nitrogens with zero attached hydrogens (tertiary/aromatic N) is 1. The van der Waals surface area contributed by atoms with E-state index in [-0.39, 0.29) is 35.0 Å². The molecule has 1 unspecified atom stereocenters. The van der Waals surface area contributed by atoms with Gasteiger partial charge in [0.15, 0.2) is 0 Å². The normalized spacial score (nSPS) is 17.0. The lowest BCUT2D eigenvalue weighted by Crippen LogP contribution is -2.56. The van der Waals surface area contributed by atoms with Crippen LogP contribution in [-0.2, 0) is 16.4 Å². The number of fused-ring (bicyclic) bond motifs is 1. The maximum absolute atomic E-state index is 14.5. The van der Waals surface area contributed by atoms with Crippen molar-refractivity contribution in [2.75, 3.05) is 5.32 Å². The number of benzene rings is 2. The average Bonchev–Trinajstić information content (AvgIpc) is 3.55. The molecule has 6 nitrogen and oxygen atoms in total. The van der Waals surface area contributed by atoms with Crippen LogP contribution in [0.5, 0.6) is 0 Å². The molecule has 1 aromatic heterocycles. The van der Waals surface area contributed by atoms with Gasteiger partial charge in [-0.15, -0.1) is 0 Å². The third kappa shape index (κ3) is 4.43. The number of alkyl halides is 6. The van der Waals surface area contributed by atoms with Crippen LogP contribution in [0.15, 0.2) is 45.7 Å². The lowest BCUT2D eigenvalue weighted by Gasteiger charge is -2.33. The number of amides is 1. The van der Waals surface area contributed by atoms with Crippen molar-refractivity contribution in [2.24, 2.45) is 0 Å². The molecule has 1 fully saturated rings. The first-order valence-electron chi connectivity index (χ1n) is 10.5. The van der Waals surface area contributed by atoms with Gasteiger partial charge in [-0.25, -0.2) is 9.18 Å². The standard InChI is InChI=1S/C23H17F7N2O4/c1-11-15-9-13(3-4-14(15)18(33)36-32-11)31-19(34)21(35,23(28,29)30)10-20(6-7-20)16-8-12(22(25,26)27)2-5-17(16)24/h2-5,8-9,35H,6-7,10H2,1H3,(H,31,34). The van der Waals surface area contributed by atoms with Crippen molar-refractivity contribution >= 4 is 22.4 Å². The topological polar surface area (TPSA) is 92.4 Å². The van der Waals surface area contributed by atoms with Gasteiger partial charge in [0.05, 0.1) is 16.6 Å². The minimum atomic E-state index is -5.56. The quantitative estimate of drug-likeness (QED) is 0.464. The van der Waals surface area contributed by atoms with Gasteiger partial charge in [-0.05, 0) is 61.7 Å². The molecule has 4 rings (SSSR count). The van der Waals surface area contributed by atoms with Gasteiger partial charge < -0.3 is 14.9 Å². The van der Waals surface area contributed by atoms with Crippen LogP contribution in [0.25, 0.3) is 10.8 Å². The van der Waals surface area contributed by atoms with E-state index in [9.17, 15) is 45.4 Å². The lowest BCUT2D eigenvalue weighted by molar-refractivity contribution is -0.253. The summed E-state index contributed by atoms with van der Waals surface area (Å²) in [5.41, 5.74) is -8.68. The molecule has 0 aliphatic heterocycles. The Hall–Kier alpha value is -3.48. The number of halogens is 7. The molecule has 36 heavy (non-hydrogen) atoms. The molecule has 1 amide bonds. The number of carbonyl (C=O) groups excluding carboxylic acids is 1. The van der Waals surface area contributed by atoms with Gasteiger partial charge in [0, 0.05) is 22.9 Å². The Morgan fingerprint density at radius 1 is 1.08 bits per heavy atom. The SMILES string of the molecule is Cc1noc(=O)c2ccc(NC(=O)C(O)(CC3(c4cc(C(F)(F)F)ccc4F)CC3)C(F)(F)F)cc12. The minimum Gasteiger partial charge on any atom is -0.373 e. The summed E-state index contributed by atoms with van der Waals surface area (Å²) in [5.74, 6) is -3.09. The van der Waals surface area contributed by atoms with Crippen molar-refractivity contribution in [1.82, 2.24) is 5.16 Å². The molecule has 3 aromatic rings. The molecule has 1 atom stereocenters. The number of aliphatic hydroxyl groups is 1. The third-order valence-electron chi connectivity index (χ3n) is 6.31. The first-order valence-corrected chi connectivity index (χ1v) is 10.5. The maximum atomic E-state index is 14.5. The van der Waals surface area contributed by atoms with Gasteiger partial charge >= 0.3 is 18.0 Å². The smallest absolute Gasteiger partial charge is 0.373 e. The zero-order chi connectivity index (χ0) is 26.7. The maximum Gasteiger partial charge on any atom is 0.426 e. The van der Waals surface area contributed by atoms with Gasteiger partial charge in [0.2, 0.25) is 5.60 Å². The van der Waals surface area contributed by atoms with E-state index in [1.807, 2.05) is 5.32 Å². The van der Waals surface area contributed by atoms with Crippen LogP contribution in [0.1, 0.15) is 36.1 Å². The summed E-state index contributed by atoms with van der Waals surface area (Å²) in [6.07, 6.45) is -12.2. The van der Waals surface area contributed by atoms with Gasteiger partial charge in [-0.2, -0.15) is 26.3 Å². The first-order chi connectivity index (χ1) is 16.6. The van der Waals surface area contributed by atoms with Crippen LogP contribution in [-0.4, -0.2) is 27.9 Å². The molecule has 1 heterocycles. The van der Waals surface area contributed by atoms with E-state index < -0.39 is 58.3 Å². The summed E-state index contributed by atoms with van der Waals surface area (Å²) in [6.45, 7) is 1.45. The van der Waals surface area contributed by atoms with E-state index in [1.165, 1.54) is 13.0 Å². The summed E-state index contributed by atoms with van der Waals surface area (Å²) in [4.78, 5) is 24.5. The monoisotopic (exact) mass is 518 g/mol. The van der Waals surface area contributed by atoms with Crippen LogP contribution in [0.2, 0.25) is 0 Å². The highest BCUT2D eigenvalue weighted by Crippen LogP contribution is 2.57. The van der Waals surface area contributed by atoms with Gasteiger partial charge in [-0.3, -0.25) is 4.79 Å². The summed E-state index contributed by atoms with van der Waals surface area (Å²) in [6, 6.07) is 4.79. The van der Waals surface area contributed by atoms with E-state index in [1.54, 1.807) is 0 Å². The van der Waals surface area contributed by atoms with Crippen LogP contribution in [0, 0.1) is 12.7 Å². The summed E-state index contributed by atoms with van der Waals surface area (Å²) >= 11 is 0. The predicted octanol–water partition coefficient (Wildman–Crippen LogP) is 5.01. The van der Waals surface area contributed by atoms with Crippen LogP contribution < -0.4 is 10.9 Å². The van der Waals surface area contributed by atoms with E-state index in [0.29, 0.717) is 18.2 Å². The Morgan fingerprint density at radius 3 is 2.33 bits per heavy atom. The van der Waals surface area contributed by atoms with Crippen molar-refractivity contribution in [1.29, 1.82) is 0 Å². The Labute approximate surface area is 197 Å². The Kier molecular flexibility index (Phi) is 5.90. The molecule has 0 saturated heterocycles. The van der Waals surface area contributed by atoms with Crippen LogP contribution in [0.3, 0.4) is 0 Å². The fourth-order valence-electron chi connectivity index (χ4n) is 4.14. The zero-order valence-electron chi connectivity index (χ0n) is 18.4. The Balaban J connectivity index is 1.69. The van der Waals surface area contributed by atoms with Crippen LogP contribution >= 0.6 is 0 Å². The highest BCUT2D eigenvalue weighted by atomic mass is 19.4. The second-order valence-electron chi connectivity index (χ2n) is 8.78. The molecule has 13 heteroatoms. The Bertz CT molecular complexity index is 1410. The predicted molar refractivity (Wildman–Crippen MR) is 112 cm³/mol. The molecule has 0 radical (unpaired) electrons. The number of aryl methyl sites for hydroxylation is 1. The third-order valence-corrected chi connectivity index (χ3v) is 6.31. The second kappa shape index (κ2) is 8.29. The molecular formula is C23H17F7N2O4. The molecule has 192 valence electrons. The number of aromatic nitrogens is 1. The second-order valence-corrected chi connectivity index (χ2v) is 8.78. The summed E-state index contributed by atoms with van der Waals surface area (Å²) in [7, 11) is 0. The molecular weight excluding hydrogens is 501 g/mol. The average molecular weight is 518 g/mol. The number of nitrogens with one attached hydrogen (secondary N) is 1. The van der Waals surface area contributed by atoms with Crippen molar-refractivity contribution < 1.29 is 45.2 Å². The molecule has 1 aliphatic carbocycles. The number of carbonyl (C=O) groups is 1. The van der Waals surface area contributed by atoms with E-state index in [4.69, 9.17) is 0 Å². The first kappa shape index (κ1) is 25.6. The Morgan fingerprint density at radius 2 is 1.75 bits per heavy atom. The van der Waals surface area contributed by atoms with E-state index in [0.717, 1.165) is 12.1 Å². The summed E-state index contributed by atoms with van der Waals surface area (Å²) < 4.78 is 100.